The van der Waals surface area contributed by atoms with E-state index in [2.05, 4.69) is 42.6 Å². The first-order chi connectivity index (χ1) is 11.5. The summed E-state index contributed by atoms with van der Waals surface area (Å²) in [5, 5.41) is 12.5. The molecule has 3 nitrogen and oxygen atoms in total. The van der Waals surface area contributed by atoms with E-state index < -0.39 is 5.60 Å². The summed E-state index contributed by atoms with van der Waals surface area (Å²) >= 11 is 0. The third-order valence-electron chi connectivity index (χ3n) is 3.46. The van der Waals surface area contributed by atoms with Crippen molar-refractivity contribution >= 4 is 5.91 Å². The zero-order valence-electron chi connectivity index (χ0n) is 15.4. The van der Waals surface area contributed by atoms with Crippen molar-refractivity contribution in [2.45, 2.75) is 58.5 Å². The fraction of sp³-hybridized carbons (Fsp3) is 0.476. The summed E-state index contributed by atoms with van der Waals surface area (Å²) < 4.78 is 0. The van der Waals surface area contributed by atoms with Crippen LogP contribution < -0.4 is 5.32 Å². The van der Waals surface area contributed by atoms with Gasteiger partial charge in [0.05, 0.1) is 5.60 Å². The number of carbonyl (C=O) groups excluding carboxylic acids is 1. The molecule has 0 aromatic heterocycles. The van der Waals surface area contributed by atoms with E-state index in [0.717, 1.165) is 19.3 Å². The molecule has 1 unspecified atom stereocenters. The van der Waals surface area contributed by atoms with Crippen LogP contribution in [0.25, 0.3) is 0 Å². The Hall–Kier alpha value is -1.87. The van der Waals surface area contributed by atoms with Gasteiger partial charge in [-0.3, -0.25) is 4.79 Å². The Morgan fingerprint density at radius 1 is 0.917 bits per heavy atom. The summed E-state index contributed by atoms with van der Waals surface area (Å²) in [6, 6.07) is 0. The third kappa shape index (κ3) is 15.0. The SMILES string of the molecule is CCCC=CC=CCCC=CC=CC=CC(=O)NCC(C)(O)CC. The number of nitrogens with one attached hydrogen (secondary N) is 1. The first-order valence-corrected chi connectivity index (χ1v) is 8.83. The topological polar surface area (TPSA) is 49.3 Å². The Kier molecular flexibility index (Phi) is 13.6. The molecule has 0 fully saturated rings. The highest BCUT2D eigenvalue weighted by molar-refractivity contribution is 5.87. The van der Waals surface area contributed by atoms with Crippen molar-refractivity contribution in [3.8, 4) is 0 Å². The minimum atomic E-state index is -0.845. The normalized spacial score (nSPS) is 15.3. The Morgan fingerprint density at radius 2 is 1.46 bits per heavy atom. The fourth-order valence-corrected chi connectivity index (χ4v) is 1.62. The van der Waals surface area contributed by atoms with Gasteiger partial charge in [0, 0.05) is 12.6 Å². The van der Waals surface area contributed by atoms with Crippen molar-refractivity contribution in [1.29, 1.82) is 0 Å². The molecule has 0 aliphatic heterocycles. The largest absolute Gasteiger partial charge is 0.388 e. The molecule has 0 rings (SSSR count). The quantitative estimate of drug-likeness (QED) is 0.311. The Morgan fingerprint density at radius 3 is 2.04 bits per heavy atom. The second-order valence-electron chi connectivity index (χ2n) is 5.96. The summed E-state index contributed by atoms with van der Waals surface area (Å²) in [6.45, 7) is 6.02. The van der Waals surface area contributed by atoms with E-state index >= 15 is 0 Å². The minimum Gasteiger partial charge on any atom is -0.388 e. The van der Waals surface area contributed by atoms with E-state index in [1.165, 1.54) is 12.5 Å². The molecule has 0 radical (unpaired) electrons. The monoisotopic (exact) mass is 331 g/mol. The van der Waals surface area contributed by atoms with Gasteiger partial charge in [-0.15, -0.1) is 0 Å². The van der Waals surface area contributed by atoms with Crippen LogP contribution in [0, 0.1) is 0 Å². The molecular weight excluding hydrogens is 298 g/mol. The van der Waals surface area contributed by atoms with E-state index in [4.69, 9.17) is 0 Å². The molecule has 0 bridgehead atoms. The molecule has 0 spiro atoms. The van der Waals surface area contributed by atoms with Gasteiger partial charge in [0.2, 0.25) is 5.91 Å². The van der Waals surface area contributed by atoms with Crippen LogP contribution in [0.1, 0.15) is 52.9 Å². The van der Waals surface area contributed by atoms with Crippen molar-refractivity contribution < 1.29 is 9.90 Å². The number of hydrogen-bond donors (Lipinski definition) is 2. The standard InChI is InChI=1S/C21H33NO2/c1-4-6-7-8-9-10-11-12-13-14-15-16-17-18-20(23)22-19-21(3,24)5-2/h7-10,13-18,24H,4-6,11-12,19H2,1-3H3,(H,22,23). The van der Waals surface area contributed by atoms with Crippen LogP contribution in [-0.4, -0.2) is 23.2 Å². The first kappa shape index (κ1) is 22.1. The molecule has 2 N–H and O–H groups in total. The Balaban J connectivity index is 3.81. The highest BCUT2D eigenvalue weighted by Gasteiger charge is 2.17. The van der Waals surface area contributed by atoms with Gasteiger partial charge in [0.25, 0.3) is 0 Å². The molecular formula is C21H33NO2. The number of aliphatic hydroxyl groups is 1. The third-order valence-corrected chi connectivity index (χ3v) is 3.46. The van der Waals surface area contributed by atoms with Crippen molar-refractivity contribution in [2.75, 3.05) is 6.54 Å². The van der Waals surface area contributed by atoms with E-state index in [1.807, 2.05) is 25.2 Å². The number of carbonyl (C=O) groups is 1. The van der Waals surface area contributed by atoms with Crippen LogP contribution in [0.5, 0.6) is 0 Å². The molecule has 0 aromatic rings. The molecule has 0 saturated heterocycles. The molecule has 0 aromatic carbocycles. The summed E-state index contributed by atoms with van der Waals surface area (Å²) in [4.78, 5) is 11.5. The molecule has 0 aliphatic carbocycles. The molecule has 1 amide bonds. The smallest absolute Gasteiger partial charge is 0.244 e. The van der Waals surface area contributed by atoms with Crippen molar-refractivity contribution in [3.63, 3.8) is 0 Å². The summed E-state index contributed by atoms with van der Waals surface area (Å²) in [7, 11) is 0. The van der Waals surface area contributed by atoms with Gasteiger partial charge in [-0.25, -0.2) is 0 Å². The zero-order chi connectivity index (χ0) is 18.1. The summed E-state index contributed by atoms with van der Waals surface area (Å²) in [5.74, 6) is -0.196. The molecule has 24 heavy (non-hydrogen) atoms. The van der Waals surface area contributed by atoms with E-state index in [-0.39, 0.29) is 12.5 Å². The van der Waals surface area contributed by atoms with Crippen LogP contribution >= 0.6 is 0 Å². The molecule has 134 valence electrons. The molecule has 0 heterocycles. The summed E-state index contributed by atoms with van der Waals surface area (Å²) in [5.41, 5.74) is -0.845. The maximum Gasteiger partial charge on any atom is 0.244 e. The van der Waals surface area contributed by atoms with Crippen LogP contribution in [0.3, 0.4) is 0 Å². The average Bonchev–Trinajstić information content (AvgIpc) is 2.57. The first-order valence-electron chi connectivity index (χ1n) is 8.83. The maximum atomic E-state index is 11.5. The molecule has 0 saturated carbocycles. The lowest BCUT2D eigenvalue weighted by atomic mass is 10.0. The molecule has 1 atom stereocenters. The Labute approximate surface area is 147 Å². The lowest BCUT2D eigenvalue weighted by molar-refractivity contribution is -0.117. The van der Waals surface area contributed by atoms with Crippen LogP contribution in [-0.2, 0) is 4.79 Å². The number of unbranched alkanes of at least 4 members (excludes halogenated alkanes) is 2. The average molecular weight is 332 g/mol. The van der Waals surface area contributed by atoms with Gasteiger partial charge in [0.15, 0.2) is 0 Å². The lowest BCUT2D eigenvalue weighted by Gasteiger charge is -2.20. The van der Waals surface area contributed by atoms with Gasteiger partial charge < -0.3 is 10.4 Å². The van der Waals surface area contributed by atoms with Crippen LogP contribution in [0.4, 0.5) is 0 Å². The fourth-order valence-electron chi connectivity index (χ4n) is 1.62. The van der Waals surface area contributed by atoms with Crippen molar-refractivity contribution in [1.82, 2.24) is 5.32 Å². The van der Waals surface area contributed by atoms with Crippen LogP contribution in [0.2, 0.25) is 0 Å². The van der Waals surface area contributed by atoms with Gasteiger partial charge in [0.1, 0.15) is 0 Å². The highest BCUT2D eigenvalue weighted by atomic mass is 16.3. The van der Waals surface area contributed by atoms with E-state index in [0.29, 0.717) is 6.42 Å². The van der Waals surface area contributed by atoms with Gasteiger partial charge in [-0.1, -0.05) is 75.0 Å². The highest BCUT2D eigenvalue weighted by Crippen LogP contribution is 2.05. The molecule has 0 aliphatic rings. The number of amides is 1. The van der Waals surface area contributed by atoms with Gasteiger partial charge in [-0.05, 0) is 32.6 Å². The van der Waals surface area contributed by atoms with Crippen molar-refractivity contribution in [3.05, 3.63) is 60.8 Å². The maximum absolute atomic E-state index is 11.5. The number of hydrogen-bond acceptors (Lipinski definition) is 2. The zero-order valence-corrected chi connectivity index (χ0v) is 15.4. The second kappa shape index (κ2) is 14.7. The Bertz CT molecular complexity index is 468. The number of rotatable bonds is 12. The van der Waals surface area contributed by atoms with Gasteiger partial charge >= 0.3 is 0 Å². The summed E-state index contributed by atoms with van der Waals surface area (Å²) in [6.07, 6.45) is 24.4. The second-order valence-corrected chi connectivity index (χ2v) is 5.96. The van der Waals surface area contributed by atoms with Crippen LogP contribution in [0.15, 0.2) is 60.8 Å². The van der Waals surface area contributed by atoms with Gasteiger partial charge in [-0.2, -0.15) is 0 Å². The van der Waals surface area contributed by atoms with E-state index in [9.17, 15) is 9.90 Å². The van der Waals surface area contributed by atoms with E-state index in [1.54, 1.807) is 13.0 Å². The predicted octanol–water partition coefficient (Wildman–Crippen LogP) is 4.62. The lowest BCUT2D eigenvalue weighted by Crippen LogP contribution is -2.39. The van der Waals surface area contributed by atoms with Crippen molar-refractivity contribution in [2.24, 2.45) is 0 Å². The minimum absolute atomic E-state index is 0.196. The number of allylic oxidation sites excluding steroid dienone is 9. The predicted molar refractivity (Wildman–Crippen MR) is 104 cm³/mol. The molecule has 3 heteroatoms.